The van der Waals surface area contributed by atoms with Crippen molar-refractivity contribution in [3.05, 3.63) is 28.7 Å². The molecule has 1 amide bonds. The third-order valence-corrected chi connectivity index (χ3v) is 4.81. The van der Waals surface area contributed by atoms with Crippen molar-refractivity contribution in [2.75, 3.05) is 5.75 Å². The minimum absolute atomic E-state index is 0.0245. The maximum absolute atomic E-state index is 11.8. The van der Waals surface area contributed by atoms with E-state index in [2.05, 4.69) is 22.4 Å². The first-order valence-corrected chi connectivity index (χ1v) is 8.95. The number of carbonyl (C=O) groups is 1. The van der Waals surface area contributed by atoms with E-state index < -0.39 is 0 Å². The van der Waals surface area contributed by atoms with Crippen LogP contribution in [0.5, 0.6) is 0 Å². The number of hydrogen-bond acceptors (Lipinski definition) is 5. The van der Waals surface area contributed by atoms with Crippen LogP contribution in [-0.2, 0) is 17.9 Å². The van der Waals surface area contributed by atoms with Crippen molar-refractivity contribution >= 4 is 29.0 Å². The lowest BCUT2D eigenvalue weighted by Gasteiger charge is -2.06. The van der Waals surface area contributed by atoms with Gasteiger partial charge in [0.05, 0.1) is 12.3 Å². The molecule has 0 bridgehead atoms. The molecule has 0 aliphatic rings. The molecule has 0 fully saturated rings. The maximum atomic E-state index is 11.8. The van der Waals surface area contributed by atoms with Crippen LogP contribution < -0.4 is 5.32 Å². The Morgan fingerprint density at radius 3 is 3.14 bits per heavy atom. The minimum atomic E-state index is 0.0245. The second kappa shape index (κ2) is 8.84. The summed E-state index contributed by atoms with van der Waals surface area (Å²) in [4.78, 5) is 13.0. The van der Waals surface area contributed by atoms with Crippen LogP contribution in [0, 0.1) is 0 Å². The van der Waals surface area contributed by atoms with Gasteiger partial charge in [-0.2, -0.15) is 0 Å². The highest BCUT2D eigenvalue weighted by atomic mass is 32.2. The summed E-state index contributed by atoms with van der Waals surface area (Å²) in [5.41, 5.74) is 0. The van der Waals surface area contributed by atoms with Crippen LogP contribution >= 0.6 is 23.1 Å². The van der Waals surface area contributed by atoms with Crippen molar-refractivity contribution < 1.29 is 4.79 Å². The molecule has 0 aliphatic carbocycles. The van der Waals surface area contributed by atoms with Crippen LogP contribution in [0.2, 0.25) is 0 Å². The second-order valence-electron chi connectivity index (χ2n) is 4.66. The van der Waals surface area contributed by atoms with E-state index in [0.717, 1.165) is 23.0 Å². The fraction of sp³-hybridized carbons (Fsp3) is 0.500. The smallest absolute Gasteiger partial charge is 0.230 e. The topological polar surface area (TPSA) is 59.8 Å². The zero-order chi connectivity index (χ0) is 14.9. The van der Waals surface area contributed by atoms with E-state index in [9.17, 15) is 4.79 Å². The highest BCUT2D eigenvalue weighted by molar-refractivity contribution is 7.99. The average molecular weight is 324 g/mol. The van der Waals surface area contributed by atoms with Gasteiger partial charge in [0, 0.05) is 11.4 Å². The predicted octanol–water partition coefficient (Wildman–Crippen LogP) is 2.94. The third-order valence-electron chi connectivity index (χ3n) is 2.95. The number of aryl methyl sites for hydroxylation is 1. The maximum Gasteiger partial charge on any atom is 0.230 e. The standard InChI is InChI=1S/C14H20N4OS2/c1-2-3-4-7-18-11-16-17-14(18)21-10-13(19)15-9-12-6-5-8-20-12/h5-6,8,11H,2-4,7,9-10H2,1H3,(H,15,19). The van der Waals surface area contributed by atoms with Crippen molar-refractivity contribution in [3.63, 3.8) is 0 Å². The van der Waals surface area contributed by atoms with Gasteiger partial charge in [0.2, 0.25) is 5.91 Å². The summed E-state index contributed by atoms with van der Waals surface area (Å²) in [6.45, 7) is 3.69. The van der Waals surface area contributed by atoms with E-state index in [1.54, 1.807) is 17.7 Å². The van der Waals surface area contributed by atoms with E-state index >= 15 is 0 Å². The molecule has 0 aliphatic heterocycles. The summed E-state index contributed by atoms with van der Waals surface area (Å²) in [5, 5.41) is 13.7. The molecule has 0 saturated carbocycles. The molecule has 114 valence electrons. The van der Waals surface area contributed by atoms with Crippen LogP contribution in [0.4, 0.5) is 0 Å². The van der Waals surface area contributed by atoms with Gasteiger partial charge >= 0.3 is 0 Å². The Balaban J connectivity index is 1.72. The molecule has 0 unspecified atom stereocenters. The molecule has 0 radical (unpaired) electrons. The normalized spacial score (nSPS) is 10.7. The van der Waals surface area contributed by atoms with Crippen LogP contribution in [0.25, 0.3) is 0 Å². The number of nitrogens with one attached hydrogen (secondary N) is 1. The average Bonchev–Trinajstić information content (AvgIpc) is 3.15. The monoisotopic (exact) mass is 324 g/mol. The van der Waals surface area contributed by atoms with Crippen molar-refractivity contribution in [1.29, 1.82) is 0 Å². The lowest BCUT2D eigenvalue weighted by Crippen LogP contribution is -2.24. The first-order valence-electron chi connectivity index (χ1n) is 7.09. The number of rotatable bonds is 9. The van der Waals surface area contributed by atoms with E-state index in [1.807, 2.05) is 22.1 Å². The summed E-state index contributed by atoms with van der Waals surface area (Å²) in [5.74, 6) is 0.397. The molecule has 2 heterocycles. The molecule has 7 heteroatoms. The molecule has 21 heavy (non-hydrogen) atoms. The number of carbonyl (C=O) groups excluding carboxylic acids is 1. The van der Waals surface area contributed by atoms with Gasteiger partial charge in [0.25, 0.3) is 0 Å². The Kier molecular flexibility index (Phi) is 6.75. The van der Waals surface area contributed by atoms with Crippen molar-refractivity contribution in [1.82, 2.24) is 20.1 Å². The zero-order valence-corrected chi connectivity index (χ0v) is 13.8. The molecule has 0 saturated heterocycles. The van der Waals surface area contributed by atoms with E-state index in [-0.39, 0.29) is 5.91 Å². The van der Waals surface area contributed by atoms with E-state index in [4.69, 9.17) is 0 Å². The number of thiophene rings is 1. The first-order chi connectivity index (χ1) is 10.3. The van der Waals surface area contributed by atoms with Crippen LogP contribution in [0.3, 0.4) is 0 Å². The Labute approximate surface area is 133 Å². The van der Waals surface area contributed by atoms with Crippen LogP contribution in [0.15, 0.2) is 29.0 Å². The fourth-order valence-corrected chi connectivity index (χ4v) is 3.24. The number of nitrogens with zero attached hydrogens (tertiary/aromatic N) is 3. The van der Waals surface area contributed by atoms with Gasteiger partial charge < -0.3 is 9.88 Å². The van der Waals surface area contributed by atoms with Crippen molar-refractivity contribution in [2.24, 2.45) is 0 Å². The quantitative estimate of drug-likeness (QED) is 0.569. The molecule has 0 spiro atoms. The minimum Gasteiger partial charge on any atom is -0.350 e. The number of aromatic nitrogens is 3. The Morgan fingerprint density at radius 2 is 2.38 bits per heavy atom. The van der Waals surface area contributed by atoms with Crippen molar-refractivity contribution in [2.45, 2.75) is 44.4 Å². The SMILES string of the molecule is CCCCCn1cnnc1SCC(=O)NCc1cccs1. The molecule has 0 aromatic carbocycles. The van der Waals surface area contributed by atoms with Crippen molar-refractivity contribution in [3.8, 4) is 0 Å². The van der Waals surface area contributed by atoms with E-state index in [1.165, 1.54) is 24.6 Å². The van der Waals surface area contributed by atoms with Crippen LogP contribution in [0.1, 0.15) is 31.1 Å². The second-order valence-corrected chi connectivity index (χ2v) is 6.63. The molecular weight excluding hydrogens is 304 g/mol. The van der Waals surface area contributed by atoms with Gasteiger partial charge in [-0.05, 0) is 17.9 Å². The summed E-state index contributed by atoms with van der Waals surface area (Å²) >= 11 is 3.08. The van der Waals surface area contributed by atoms with Gasteiger partial charge in [0.1, 0.15) is 6.33 Å². The molecule has 2 aromatic rings. The highest BCUT2D eigenvalue weighted by Crippen LogP contribution is 2.15. The molecule has 2 aromatic heterocycles. The lowest BCUT2D eigenvalue weighted by atomic mass is 10.2. The summed E-state index contributed by atoms with van der Waals surface area (Å²) in [6.07, 6.45) is 5.24. The largest absolute Gasteiger partial charge is 0.350 e. The predicted molar refractivity (Wildman–Crippen MR) is 86.4 cm³/mol. The molecule has 5 nitrogen and oxygen atoms in total. The summed E-state index contributed by atoms with van der Waals surface area (Å²) in [6, 6.07) is 4.00. The highest BCUT2D eigenvalue weighted by Gasteiger charge is 2.08. The Bertz CT molecular complexity index is 539. The molecule has 0 atom stereocenters. The Morgan fingerprint density at radius 1 is 1.48 bits per heavy atom. The van der Waals surface area contributed by atoms with Crippen LogP contribution in [-0.4, -0.2) is 26.4 Å². The Hall–Kier alpha value is -1.34. The molecular formula is C14H20N4OS2. The zero-order valence-electron chi connectivity index (χ0n) is 12.1. The number of unbranched alkanes of at least 4 members (excludes halogenated alkanes) is 2. The summed E-state index contributed by atoms with van der Waals surface area (Å²) < 4.78 is 2.02. The number of amides is 1. The van der Waals surface area contributed by atoms with Gasteiger partial charge in [-0.3, -0.25) is 4.79 Å². The van der Waals surface area contributed by atoms with Gasteiger partial charge in [-0.15, -0.1) is 21.5 Å². The number of hydrogen-bond donors (Lipinski definition) is 1. The fourth-order valence-electron chi connectivity index (χ4n) is 1.82. The van der Waals surface area contributed by atoms with E-state index in [0.29, 0.717) is 12.3 Å². The van der Waals surface area contributed by atoms with Gasteiger partial charge in [-0.25, -0.2) is 0 Å². The third kappa shape index (κ3) is 5.51. The van der Waals surface area contributed by atoms with Gasteiger partial charge in [0.15, 0.2) is 5.16 Å². The molecule has 1 N–H and O–H groups in total. The summed E-state index contributed by atoms with van der Waals surface area (Å²) in [7, 11) is 0. The van der Waals surface area contributed by atoms with Gasteiger partial charge in [-0.1, -0.05) is 37.6 Å². The molecule has 2 rings (SSSR count). The number of thioether (sulfide) groups is 1. The lowest BCUT2D eigenvalue weighted by molar-refractivity contribution is -0.118. The first kappa shape index (κ1) is 16.0.